The number of fused-ring (bicyclic) bond motifs is 2. The number of aromatic nitrogens is 3. The van der Waals surface area contributed by atoms with Crippen LogP contribution in [0.5, 0.6) is 0 Å². The van der Waals surface area contributed by atoms with E-state index in [0.717, 1.165) is 47.0 Å². The van der Waals surface area contributed by atoms with Crippen molar-refractivity contribution >= 4 is 27.5 Å². The molecule has 2 aliphatic rings. The van der Waals surface area contributed by atoms with Crippen molar-refractivity contribution in [2.45, 2.75) is 44.2 Å². The number of hydrogen-bond donors (Lipinski definition) is 3. The molecule has 6 nitrogen and oxygen atoms in total. The molecule has 3 unspecified atom stereocenters. The van der Waals surface area contributed by atoms with Crippen LogP contribution in [0.2, 0.25) is 0 Å². The molecule has 1 aliphatic carbocycles. The Morgan fingerprint density at radius 3 is 2.96 bits per heavy atom. The van der Waals surface area contributed by atoms with Crippen LogP contribution in [0.25, 0.3) is 10.3 Å². The normalized spacial score (nSPS) is 24.8. The smallest absolute Gasteiger partial charge is 0.157 e. The van der Waals surface area contributed by atoms with Gasteiger partial charge in [0.25, 0.3) is 0 Å². The monoisotopic (exact) mass is 380 g/mol. The second-order valence-corrected chi connectivity index (χ2v) is 8.58. The molecule has 7 heteroatoms. The average molecular weight is 381 g/mol. The predicted octanol–water partition coefficient (Wildman–Crippen LogP) is 2.93. The molecule has 1 saturated carbocycles. The maximum absolute atomic E-state index is 4.87. The summed E-state index contributed by atoms with van der Waals surface area (Å²) in [4.78, 5) is 14.8. The second kappa shape index (κ2) is 7.50. The van der Waals surface area contributed by atoms with E-state index < -0.39 is 0 Å². The van der Waals surface area contributed by atoms with Gasteiger partial charge in [-0.25, -0.2) is 15.0 Å². The molecule has 2 fully saturated rings. The summed E-state index contributed by atoms with van der Waals surface area (Å²) in [6, 6.07) is 11.7. The summed E-state index contributed by atoms with van der Waals surface area (Å²) in [6.07, 6.45) is 7.13. The highest BCUT2D eigenvalue weighted by molar-refractivity contribution is 7.18. The van der Waals surface area contributed by atoms with Gasteiger partial charge in [0.15, 0.2) is 5.82 Å². The largest absolute Gasteiger partial charge is 0.365 e. The molecule has 3 atom stereocenters. The molecule has 3 N–H and O–H groups in total. The molecule has 0 bridgehead atoms. The molecular formula is C20H24N6S. The zero-order valence-corrected chi connectivity index (χ0v) is 16.0. The Balaban J connectivity index is 1.30. The van der Waals surface area contributed by atoms with E-state index in [1.807, 2.05) is 0 Å². The maximum atomic E-state index is 4.87. The van der Waals surface area contributed by atoms with Crippen LogP contribution in [0.15, 0.2) is 36.7 Å². The van der Waals surface area contributed by atoms with E-state index in [2.05, 4.69) is 56.5 Å². The van der Waals surface area contributed by atoms with Crippen molar-refractivity contribution < 1.29 is 0 Å². The Bertz CT molecular complexity index is 911. The highest BCUT2D eigenvalue weighted by atomic mass is 32.1. The second-order valence-electron chi connectivity index (χ2n) is 7.52. The number of benzene rings is 1. The molecule has 27 heavy (non-hydrogen) atoms. The maximum Gasteiger partial charge on any atom is 0.157 e. The first-order chi connectivity index (χ1) is 13.3. The summed E-state index contributed by atoms with van der Waals surface area (Å²) < 4.78 is 0. The molecule has 3 aromatic rings. The molecule has 5 rings (SSSR count). The van der Waals surface area contributed by atoms with Gasteiger partial charge in [0.05, 0.1) is 5.01 Å². The summed E-state index contributed by atoms with van der Waals surface area (Å²) >= 11 is 1.69. The van der Waals surface area contributed by atoms with Crippen molar-refractivity contribution in [2.75, 3.05) is 11.9 Å². The summed E-state index contributed by atoms with van der Waals surface area (Å²) in [5.74, 6) is 1.59. The Hall–Kier alpha value is -2.09. The first-order valence-electron chi connectivity index (χ1n) is 9.74. The van der Waals surface area contributed by atoms with Gasteiger partial charge in [-0.2, -0.15) is 0 Å². The number of hydrazine groups is 1. The van der Waals surface area contributed by atoms with E-state index >= 15 is 0 Å². The SMILES string of the molecule is c1ccc(CCc2nc3c(NC4CCC5NNCC5C4)ncnc3s2)cc1. The summed E-state index contributed by atoms with van der Waals surface area (Å²) in [5, 5.41) is 4.79. The van der Waals surface area contributed by atoms with Gasteiger partial charge in [-0.3, -0.25) is 10.9 Å². The third-order valence-electron chi connectivity index (χ3n) is 5.69. The molecule has 3 heterocycles. The molecule has 0 amide bonds. The molecule has 0 spiro atoms. The van der Waals surface area contributed by atoms with Crippen molar-refractivity contribution in [1.29, 1.82) is 0 Å². The van der Waals surface area contributed by atoms with E-state index in [4.69, 9.17) is 4.98 Å². The molecule has 1 aromatic carbocycles. The van der Waals surface area contributed by atoms with Crippen LogP contribution in [-0.2, 0) is 12.8 Å². The van der Waals surface area contributed by atoms with Crippen molar-refractivity contribution in [3.05, 3.63) is 47.2 Å². The summed E-state index contributed by atoms with van der Waals surface area (Å²) in [6.45, 7) is 1.06. The van der Waals surface area contributed by atoms with Crippen LogP contribution in [0.4, 0.5) is 5.82 Å². The molecule has 1 saturated heterocycles. The molecule has 2 aromatic heterocycles. The Kier molecular flexibility index (Phi) is 4.73. The van der Waals surface area contributed by atoms with Gasteiger partial charge in [-0.15, -0.1) is 0 Å². The van der Waals surface area contributed by atoms with Gasteiger partial charge < -0.3 is 5.32 Å². The van der Waals surface area contributed by atoms with E-state index in [1.54, 1.807) is 17.7 Å². The lowest BCUT2D eigenvalue weighted by atomic mass is 9.83. The van der Waals surface area contributed by atoms with E-state index in [1.165, 1.54) is 18.4 Å². The minimum Gasteiger partial charge on any atom is -0.365 e. The fourth-order valence-corrected chi connectivity index (χ4v) is 5.13. The van der Waals surface area contributed by atoms with Crippen LogP contribution in [-0.4, -0.2) is 33.6 Å². The van der Waals surface area contributed by atoms with E-state index in [0.29, 0.717) is 18.0 Å². The number of nitrogens with one attached hydrogen (secondary N) is 3. The third-order valence-corrected chi connectivity index (χ3v) is 6.71. The zero-order valence-electron chi connectivity index (χ0n) is 15.2. The summed E-state index contributed by atoms with van der Waals surface area (Å²) in [7, 11) is 0. The summed E-state index contributed by atoms with van der Waals surface area (Å²) in [5.41, 5.74) is 8.95. The highest BCUT2D eigenvalue weighted by Gasteiger charge is 2.34. The minimum absolute atomic E-state index is 0.459. The zero-order chi connectivity index (χ0) is 18.1. The van der Waals surface area contributed by atoms with E-state index in [9.17, 15) is 0 Å². The van der Waals surface area contributed by atoms with Gasteiger partial charge in [-0.1, -0.05) is 41.7 Å². The number of nitrogens with zero attached hydrogens (tertiary/aromatic N) is 3. The lowest BCUT2D eigenvalue weighted by Crippen LogP contribution is -2.39. The first kappa shape index (κ1) is 17.0. The fraction of sp³-hybridized carbons (Fsp3) is 0.450. The average Bonchev–Trinajstić information content (AvgIpc) is 3.34. The van der Waals surface area contributed by atoms with Crippen molar-refractivity contribution in [3.8, 4) is 0 Å². The Morgan fingerprint density at radius 2 is 2.04 bits per heavy atom. The van der Waals surface area contributed by atoms with E-state index in [-0.39, 0.29) is 0 Å². The highest BCUT2D eigenvalue weighted by Crippen LogP contribution is 2.31. The minimum atomic E-state index is 0.459. The van der Waals surface area contributed by atoms with Gasteiger partial charge in [-0.05, 0) is 37.2 Å². The quantitative estimate of drug-likeness (QED) is 0.632. The van der Waals surface area contributed by atoms with Crippen LogP contribution >= 0.6 is 11.3 Å². The first-order valence-corrected chi connectivity index (χ1v) is 10.6. The van der Waals surface area contributed by atoms with Crippen molar-refractivity contribution in [1.82, 2.24) is 25.8 Å². The lowest BCUT2D eigenvalue weighted by Gasteiger charge is -2.31. The number of aryl methyl sites for hydroxylation is 2. The standard InChI is InChI=1S/C20H24N6S/c1-2-4-13(5-3-1)6-9-17-25-18-19(21-12-22-20(18)27-17)24-15-7-8-16-14(10-15)11-23-26-16/h1-5,12,14-16,23,26H,6-11H2,(H,21,22,24). The predicted molar refractivity (Wildman–Crippen MR) is 109 cm³/mol. The molecule has 140 valence electrons. The molecule has 1 aliphatic heterocycles. The van der Waals surface area contributed by atoms with Crippen molar-refractivity contribution in [2.24, 2.45) is 5.92 Å². The van der Waals surface area contributed by atoms with Crippen LogP contribution < -0.4 is 16.2 Å². The van der Waals surface area contributed by atoms with Gasteiger partial charge in [0, 0.05) is 25.0 Å². The third kappa shape index (κ3) is 3.67. The van der Waals surface area contributed by atoms with Gasteiger partial charge in [0.2, 0.25) is 0 Å². The number of anilines is 1. The van der Waals surface area contributed by atoms with Crippen LogP contribution in [0.3, 0.4) is 0 Å². The number of thiazole rings is 1. The number of hydrogen-bond acceptors (Lipinski definition) is 7. The lowest BCUT2D eigenvalue weighted by molar-refractivity contribution is 0.314. The Morgan fingerprint density at radius 1 is 1.11 bits per heavy atom. The topological polar surface area (TPSA) is 74.8 Å². The Labute approximate surface area is 162 Å². The number of rotatable bonds is 5. The van der Waals surface area contributed by atoms with Crippen LogP contribution in [0.1, 0.15) is 29.8 Å². The van der Waals surface area contributed by atoms with Crippen LogP contribution in [0, 0.1) is 5.92 Å². The van der Waals surface area contributed by atoms with Crippen molar-refractivity contribution in [3.63, 3.8) is 0 Å². The molecule has 0 radical (unpaired) electrons. The molecular weight excluding hydrogens is 356 g/mol. The van der Waals surface area contributed by atoms with Gasteiger partial charge >= 0.3 is 0 Å². The van der Waals surface area contributed by atoms with Gasteiger partial charge in [0.1, 0.15) is 16.7 Å². The fourth-order valence-electron chi connectivity index (χ4n) is 4.23.